The first-order valence-electron chi connectivity index (χ1n) is 10.4. The van der Waals surface area contributed by atoms with Crippen LogP contribution in [0.4, 0.5) is 0 Å². The number of ether oxygens (including phenoxy) is 1. The highest BCUT2D eigenvalue weighted by Crippen LogP contribution is 2.27. The van der Waals surface area contributed by atoms with Crippen LogP contribution in [-0.4, -0.2) is 43.5 Å². The monoisotopic (exact) mass is 372 g/mol. The Kier molecular flexibility index (Phi) is 7.13. The van der Waals surface area contributed by atoms with E-state index in [4.69, 9.17) is 4.74 Å². The molecule has 148 valence electrons. The van der Waals surface area contributed by atoms with Gasteiger partial charge in [0.05, 0.1) is 7.11 Å². The van der Waals surface area contributed by atoms with Gasteiger partial charge in [-0.2, -0.15) is 0 Å². The van der Waals surface area contributed by atoms with Gasteiger partial charge in [0.1, 0.15) is 5.75 Å². The fourth-order valence-electron chi connectivity index (χ4n) is 4.34. The molecule has 0 spiro atoms. The van der Waals surface area contributed by atoms with E-state index in [9.17, 15) is 9.59 Å². The third-order valence-electron chi connectivity index (χ3n) is 6.02. The summed E-state index contributed by atoms with van der Waals surface area (Å²) in [6.07, 6.45) is 8.03. The number of rotatable bonds is 6. The number of piperidine rings is 1. The van der Waals surface area contributed by atoms with E-state index in [0.717, 1.165) is 56.5 Å². The Morgan fingerprint density at radius 3 is 2.44 bits per heavy atom. The lowest BCUT2D eigenvalue weighted by molar-refractivity contribution is -0.140. The average molecular weight is 373 g/mol. The summed E-state index contributed by atoms with van der Waals surface area (Å²) in [5.41, 5.74) is 1.10. The summed E-state index contributed by atoms with van der Waals surface area (Å²) < 4.78 is 5.35. The van der Waals surface area contributed by atoms with Crippen LogP contribution in [0.15, 0.2) is 24.3 Å². The molecule has 1 N–H and O–H groups in total. The topological polar surface area (TPSA) is 58.6 Å². The first-order valence-corrected chi connectivity index (χ1v) is 10.4. The zero-order chi connectivity index (χ0) is 19.1. The van der Waals surface area contributed by atoms with Gasteiger partial charge in [0, 0.05) is 31.5 Å². The predicted octanol–water partition coefficient (Wildman–Crippen LogP) is 3.17. The smallest absolute Gasteiger partial charge is 0.225 e. The fourth-order valence-corrected chi connectivity index (χ4v) is 4.34. The fraction of sp³-hybridized carbons (Fsp3) is 0.636. The van der Waals surface area contributed by atoms with E-state index in [1.165, 1.54) is 19.3 Å². The normalized spacial score (nSPS) is 18.9. The highest BCUT2D eigenvalue weighted by atomic mass is 16.5. The molecule has 0 unspecified atom stereocenters. The molecule has 2 amide bonds. The molecule has 1 aromatic carbocycles. The van der Waals surface area contributed by atoms with Gasteiger partial charge in [0.15, 0.2) is 0 Å². The predicted molar refractivity (Wildman–Crippen MR) is 106 cm³/mol. The van der Waals surface area contributed by atoms with E-state index in [2.05, 4.69) is 5.32 Å². The molecule has 2 fully saturated rings. The lowest BCUT2D eigenvalue weighted by atomic mass is 9.87. The standard InChI is InChI=1S/C22H32N2O3/c1-27-20-10-6-5-7-17(20)11-14-23-21(25)18-12-15-24(16-13-18)22(26)19-8-3-2-4-9-19/h5-7,10,18-19H,2-4,8-9,11-16H2,1H3,(H,23,25). The third kappa shape index (κ3) is 5.24. The second kappa shape index (κ2) is 9.77. The zero-order valence-corrected chi connectivity index (χ0v) is 16.4. The molecule has 1 aliphatic carbocycles. The molecule has 1 heterocycles. The lowest BCUT2D eigenvalue weighted by Crippen LogP contribution is -2.45. The van der Waals surface area contributed by atoms with Crippen molar-refractivity contribution >= 4 is 11.8 Å². The molecule has 2 aliphatic rings. The first kappa shape index (κ1) is 19.7. The number of carbonyl (C=O) groups excluding carboxylic acids is 2. The van der Waals surface area contributed by atoms with Crippen LogP contribution in [0.3, 0.4) is 0 Å². The molecule has 0 bridgehead atoms. The molecule has 0 aromatic heterocycles. The highest BCUT2D eigenvalue weighted by molar-refractivity contribution is 5.81. The van der Waals surface area contributed by atoms with Crippen molar-refractivity contribution in [2.24, 2.45) is 11.8 Å². The van der Waals surface area contributed by atoms with Crippen molar-refractivity contribution in [2.45, 2.75) is 51.4 Å². The molecule has 1 aromatic rings. The third-order valence-corrected chi connectivity index (χ3v) is 6.02. The van der Waals surface area contributed by atoms with E-state index in [-0.39, 0.29) is 17.7 Å². The van der Waals surface area contributed by atoms with Crippen molar-refractivity contribution in [3.05, 3.63) is 29.8 Å². The average Bonchev–Trinajstić information content (AvgIpc) is 2.74. The van der Waals surface area contributed by atoms with Crippen molar-refractivity contribution in [3.8, 4) is 5.75 Å². The van der Waals surface area contributed by atoms with Gasteiger partial charge in [-0.05, 0) is 43.7 Å². The number of amides is 2. The quantitative estimate of drug-likeness (QED) is 0.834. The summed E-state index contributed by atoms with van der Waals surface area (Å²) >= 11 is 0. The number of para-hydroxylation sites is 1. The number of likely N-dealkylation sites (tertiary alicyclic amines) is 1. The van der Waals surface area contributed by atoms with Gasteiger partial charge in [-0.1, -0.05) is 37.5 Å². The number of hydrogen-bond acceptors (Lipinski definition) is 3. The minimum Gasteiger partial charge on any atom is -0.496 e. The maximum atomic E-state index is 12.6. The minimum absolute atomic E-state index is 0.0260. The van der Waals surface area contributed by atoms with Gasteiger partial charge in [0.25, 0.3) is 0 Å². The van der Waals surface area contributed by atoms with E-state index < -0.39 is 0 Å². The Labute approximate surface area is 162 Å². The molecule has 1 aliphatic heterocycles. The molecular weight excluding hydrogens is 340 g/mol. The molecule has 0 atom stereocenters. The molecule has 5 nitrogen and oxygen atoms in total. The molecule has 0 radical (unpaired) electrons. The van der Waals surface area contributed by atoms with E-state index in [0.29, 0.717) is 12.5 Å². The van der Waals surface area contributed by atoms with Crippen molar-refractivity contribution in [3.63, 3.8) is 0 Å². The van der Waals surface area contributed by atoms with Crippen molar-refractivity contribution < 1.29 is 14.3 Å². The maximum absolute atomic E-state index is 12.6. The van der Waals surface area contributed by atoms with Crippen molar-refractivity contribution in [1.29, 1.82) is 0 Å². The van der Waals surface area contributed by atoms with Crippen LogP contribution in [0, 0.1) is 11.8 Å². The Balaban J connectivity index is 1.40. The van der Waals surface area contributed by atoms with E-state index >= 15 is 0 Å². The zero-order valence-electron chi connectivity index (χ0n) is 16.4. The summed E-state index contributed by atoms with van der Waals surface area (Å²) in [5, 5.41) is 3.06. The summed E-state index contributed by atoms with van der Waals surface area (Å²) in [4.78, 5) is 27.1. The van der Waals surface area contributed by atoms with Crippen LogP contribution in [0.25, 0.3) is 0 Å². The molecule has 3 rings (SSSR count). The van der Waals surface area contributed by atoms with Crippen LogP contribution in [0.1, 0.15) is 50.5 Å². The first-order chi connectivity index (χ1) is 13.2. The number of carbonyl (C=O) groups is 2. The van der Waals surface area contributed by atoms with Crippen molar-refractivity contribution in [1.82, 2.24) is 10.2 Å². The van der Waals surface area contributed by atoms with Crippen LogP contribution in [0.5, 0.6) is 5.75 Å². The van der Waals surface area contributed by atoms with E-state index in [1.807, 2.05) is 29.2 Å². The summed E-state index contributed by atoms with van der Waals surface area (Å²) in [5.74, 6) is 1.56. The number of benzene rings is 1. The second-order valence-corrected chi connectivity index (χ2v) is 7.79. The van der Waals surface area contributed by atoms with Gasteiger partial charge < -0.3 is 15.0 Å². The van der Waals surface area contributed by atoms with Crippen molar-refractivity contribution in [2.75, 3.05) is 26.7 Å². The Hall–Kier alpha value is -2.04. The summed E-state index contributed by atoms with van der Waals surface area (Å²) in [7, 11) is 1.67. The van der Waals surface area contributed by atoms with Crippen LogP contribution >= 0.6 is 0 Å². The van der Waals surface area contributed by atoms with Gasteiger partial charge in [-0.15, -0.1) is 0 Å². The number of nitrogens with zero attached hydrogens (tertiary/aromatic N) is 1. The van der Waals surface area contributed by atoms with Crippen LogP contribution in [0.2, 0.25) is 0 Å². The second-order valence-electron chi connectivity index (χ2n) is 7.79. The Morgan fingerprint density at radius 2 is 1.74 bits per heavy atom. The van der Waals surface area contributed by atoms with Gasteiger partial charge in [0.2, 0.25) is 11.8 Å². The van der Waals surface area contributed by atoms with E-state index in [1.54, 1.807) is 7.11 Å². The molecule has 27 heavy (non-hydrogen) atoms. The largest absolute Gasteiger partial charge is 0.496 e. The SMILES string of the molecule is COc1ccccc1CCNC(=O)C1CCN(C(=O)C2CCCCC2)CC1. The maximum Gasteiger partial charge on any atom is 0.225 e. The lowest BCUT2D eigenvalue weighted by Gasteiger charge is -2.34. The number of hydrogen-bond donors (Lipinski definition) is 1. The highest BCUT2D eigenvalue weighted by Gasteiger charge is 2.31. The molecule has 1 saturated heterocycles. The summed E-state index contributed by atoms with van der Waals surface area (Å²) in [6.45, 7) is 2.06. The van der Waals surface area contributed by atoms with Gasteiger partial charge in [-0.3, -0.25) is 9.59 Å². The molecular formula is C22H32N2O3. The van der Waals surface area contributed by atoms with Crippen LogP contribution < -0.4 is 10.1 Å². The molecule has 5 heteroatoms. The summed E-state index contributed by atoms with van der Waals surface area (Å²) in [6, 6.07) is 7.90. The van der Waals surface area contributed by atoms with Gasteiger partial charge >= 0.3 is 0 Å². The van der Waals surface area contributed by atoms with Gasteiger partial charge in [-0.25, -0.2) is 0 Å². The minimum atomic E-state index is 0.0260. The number of nitrogens with one attached hydrogen (secondary N) is 1. The number of methoxy groups -OCH3 is 1. The molecule has 1 saturated carbocycles. The van der Waals surface area contributed by atoms with Crippen LogP contribution in [-0.2, 0) is 16.0 Å². The Morgan fingerprint density at radius 1 is 1.04 bits per heavy atom. The Bertz CT molecular complexity index is 632.